The van der Waals surface area contributed by atoms with Crippen molar-refractivity contribution in [1.29, 1.82) is 0 Å². The van der Waals surface area contributed by atoms with Crippen LogP contribution in [0.4, 0.5) is 5.69 Å². The minimum atomic E-state index is -0.196. The van der Waals surface area contributed by atoms with Crippen molar-refractivity contribution in [2.45, 2.75) is 0 Å². The maximum atomic E-state index is 12.5. The Morgan fingerprint density at radius 2 is 1.91 bits per heavy atom. The van der Waals surface area contributed by atoms with Gasteiger partial charge in [-0.3, -0.25) is 19.9 Å². The van der Waals surface area contributed by atoms with Crippen molar-refractivity contribution in [3.05, 3.63) is 60.6 Å². The molecule has 2 N–H and O–H groups in total. The summed E-state index contributed by atoms with van der Waals surface area (Å²) in [4.78, 5) is 20.9. The van der Waals surface area contributed by atoms with Gasteiger partial charge in [0.1, 0.15) is 0 Å². The van der Waals surface area contributed by atoms with Gasteiger partial charge in [-0.1, -0.05) is 12.1 Å². The van der Waals surface area contributed by atoms with Gasteiger partial charge in [-0.25, -0.2) is 0 Å². The van der Waals surface area contributed by atoms with Crippen LogP contribution in [0.1, 0.15) is 10.4 Å². The number of benzene rings is 2. The SMILES string of the molecule is O=C(Nc1ccc2nccnc2c1)c1cccc2cn[nH]c12. The molecule has 0 aliphatic heterocycles. The molecule has 106 valence electrons. The Kier molecular flexibility index (Phi) is 2.79. The van der Waals surface area contributed by atoms with E-state index in [1.54, 1.807) is 30.7 Å². The van der Waals surface area contributed by atoms with Crippen LogP contribution < -0.4 is 5.32 Å². The van der Waals surface area contributed by atoms with Gasteiger partial charge in [0.25, 0.3) is 5.91 Å². The number of H-pyrrole nitrogens is 1. The van der Waals surface area contributed by atoms with E-state index in [2.05, 4.69) is 25.5 Å². The van der Waals surface area contributed by atoms with Crippen molar-refractivity contribution in [3.8, 4) is 0 Å². The van der Waals surface area contributed by atoms with Gasteiger partial charge in [-0.05, 0) is 24.3 Å². The number of rotatable bonds is 2. The first kappa shape index (κ1) is 12.5. The molecule has 2 aromatic heterocycles. The standard InChI is InChI=1S/C16H11N5O/c22-16(12-3-1-2-10-9-19-21-15(10)12)20-11-4-5-13-14(8-11)18-7-6-17-13/h1-9H,(H,19,21)(H,20,22). The topological polar surface area (TPSA) is 83.6 Å². The Balaban J connectivity index is 1.69. The van der Waals surface area contributed by atoms with E-state index in [4.69, 9.17) is 0 Å². The normalized spacial score (nSPS) is 10.9. The average molecular weight is 289 g/mol. The summed E-state index contributed by atoms with van der Waals surface area (Å²) in [6.45, 7) is 0. The van der Waals surface area contributed by atoms with Crippen LogP contribution in [0.15, 0.2) is 55.0 Å². The van der Waals surface area contributed by atoms with Gasteiger partial charge in [0.2, 0.25) is 0 Å². The minimum absolute atomic E-state index is 0.196. The van der Waals surface area contributed by atoms with Crippen molar-refractivity contribution >= 4 is 33.5 Å². The molecule has 22 heavy (non-hydrogen) atoms. The van der Waals surface area contributed by atoms with Gasteiger partial charge in [0.05, 0.1) is 28.3 Å². The number of anilines is 1. The van der Waals surface area contributed by atoms with E-state index >= 15 is 0 Å². The third-order valence-electron chi connectivity index (χ3n) is 3.45. The highest BCUT2D eigenvalue weighted by Gasteiger charge is 2.11. The summed E-state index contributed by atoms with van der Waals surface area (Å²) >= 11 is 0. The van der Waals surface area contributed by atoms with Crippen molar-refractivity contribution in [3.63, 3.8) is 0 Å². The highest BCUT2D eigenvalue weighted by molar-refractivity contribution is 6.12. The second-order valence-corrected chi connectivity index (χ2v) is 4.85. The van der Waals surface area contributed by atoms with E-state index < -0.39 is 0 Å². The maximum Gasteiger partial charge on any atom is 0.257 e. The number of aromatic amines is 1. The molecule has 0 saturated heterocycles. The number of carbonyl (C=O) groups excluding carboxylic acids is 1. The molecule has 0 aliphatic rings. The van der Waals surface area contributed by atoms with Gasteiger partial charge in [-0.2, -0.15) is 5.10 Å². The molecule has 0 atom stereocenters. The second-order valence-electron chi connectivity index (χ2n) is 4.85. The second kappa shape index (κ2) is 4.92. The molecule has 0 radical (unpaired) electrons. The van der Waals surface area contributed by atoms with Crippen LogP contribution in [0.3, 0.4) is 0 Å². The summed E-state index contributed by atoms with van der Waals surface area (Å²) in [6, 6.07) is 10.9. The zero-order valence-electron chi connectivity index (χ0n) is 11.4. The van der Waals surface area contributed by atoms with Crippen molar-refractivity contribution in [2.75, 3.05) is 5.32 Å². The van der Waals surface area contributed by atoms with Gasteiger partial charge in [0, 0.05) is 23.5 Å². The molecular formula is C16H11N5O. The lowest BCUT2D eigenvalue weighted by Gasteiger charge is -2.06. The van der Waals surface area contributed by atoms with E-state index in [0.717, 1.165) is 21.9 Å². The molecular weight excluding hydrogens is 278 g/mol. The first-order chi connectivity index (χ1) is 10.8. The number of carbonyl (C=O) groups is 1. The molecule has 6 heteroatoms. The number of amides is 1. The van der Waals surface area contributed by atoms with Crippen molar-refractivity contribution in [1.82, 2.24) is 20.2 Å². The molecule has 0 fully saturated rings. The monoisotopic (exact) mass is 289 g/mol. The molecule has 0 unspecified atom stereocenters. The molecule has 2 aromatic carbocycles. The number of hydrogen-bond donors (Lipinski definition) is 2. The maximum absolute atomic E-state index is 12.5. The summed E-state index contributed by atoms with van der Waals surface area (Å²) in [6.07, 6.45) is 4.95. The fourth-order valence-corrected chi connectivity index (χ4v) is 2.40. The van der Waals surface area contributed by atoms with Crippen LogP contribution >= 0.6 is 0 Å². The van der Waals surface area contributed by atoms with E-state index in [9.17, 15) is 4.79 Å². The van der Waals surface area contributed by atoms with Gasteiger partial charge >= 0.3 is 0 Å². The van der Waals surface area contributed by atoms with Crippen LogP contribution in [0.25, 0.3) is 21.9 Å². The van der Waals surface area contributed by atoms with Crippen molar-refractivity contribution < 1.29 is 4.79 Å². The largest absolute Gasteiger partial charge is 0.322 e. The Bertz CT molecular complexity index is 992. The number of hydrogen-bond acceptors (Lipinski definition) is 4. The quantitative estimate of drug-likeness (QED) is 0.594. The number of fused-ring (bicyclic) bond motifs is 2. The van der Waals surface area contributed by atoms with Crippen LogP contribution in [-0.2, 0) is 0 Å². The summed E-state index contributed by atoms with van der Waals surface area (Å²) in [5, 5.41) is 10.6. The van der Waals surface area contributed by atoms with Crippen LogP contribution in [-0.4, -0.2) is 26.1 Å². The number of nitrogens with one attached hydrogen (secondary N) is 2. The lowest BCUT2D eigenvalue weighted by Crippen LogP contribution is -2.12. The average Bonchev–Trinajstić information content (AvgIpc) is 3.03. The smallest absolute Gasteiger partial charge is 0.257 e. The molecule has 2 heterocycles. The zero-order chi connectivity index (χ0) is 14.9. The van der Waals surface area contributed by atoms with E-state index in [1.807, 2.05) is 24.3 Å². The van der Waals surface area contributed by atoms with Gasteiger partial charge in [0.15, 0.2) is 0 Å². The predicted octanol–water partition coefficient (Wildman–Crippen LogP) is 2.76. The van der Waals surface area contributed by atoms with E-state index in [-0.39, 0.29) is 5.91 Å². The number of aromatic nitrogens is 4. The number of para-hydroxylation sites is 1. The summed E-state index contributed by atoms with van der Waals surface area (Å²) in [5.74, 6) is -0.196. The summed E-state index contributed by atoms with van der Waals surface area (Å²) < 4.78 is 0. The van der Waals surface area contributed by atoms with Gasteiger partial charge < -0.3 is 5.32 Å². The molecule has 6 nitrogen and oxygen atoms in total. The van der Waals surface area contributed by atoms with Crippen LogP contribution in [0.5, 0.6) is 0 Å². The minimum Gasteiger partial charge on any atom is -0.322 e. The third-order valence-corrected chi connectivity index (χ3v) is 3.45. The Labute approximate surface area is 125 Å². The van der Waals surface area contributed by atoms with E-state index in [1.165, 1.54) is 0 Å². The Morgan fingerprint density at radius 1 is 1.05 bits per heavy atom. The molecule has 0 aliphatic carbocycles. The Morgan fingerprint density at radius 3 is 2.82 bits per heavy atom. The molecule has 0 spiro atoms. The van der Waals surface area contributed by atoms with Gasteiger partial charge in [-0.15, -0.1) is 0 Å². The lowest BCUT2D eigenvalue weighted by molar-refractivity contribution is 0.102. The zero-order valence-corrected chi connectivity index (χ0v) is 11.4. The van der Waals surface area contributed by atoms with Crippen LogP contribution in [0.2, 0.25) is 0 Å². The third kappa shape index (κ3) is 2.07. The predicted molar refractivity (Wildman–Crippen MR) is 83.6 cm³/mol. The first-order valence-corrected chi connectivity index (χ1v) is 6.75. The van der Waals surface area contributed by atoms with Crippen LogP contribution in [0, 0.1) is 0 Å². The number of nitrogens with zero attached hydrogens (tertiary/aromatic N) is 3. The summed E-state index contributed by atoms with van der Waals surface area (Å²) in [7, 11) is 0. The molecule has 1 amide bonds. The highest BCUT2D eigenvalue weighted by atomic mass is 16.1. The molecule has 0 saturated carbocycles. The molecule has 4 aromatic rings. The van der Waals surface area contributed by atoms with Crippen molar-refractivity contribution in [2.24, 2.45) is 0 Å². The van der Waals surface area contributed by atoms with E-state index in [0.29, 0.717) is 11.3 Å². The first-order valence-electron chi connectivity index (χ1n) is 6.75. The fraction of sp³-hybridized carbons (Fsp3) is 0. The lowest BCUT2D eigenvalue weighted by atomic mass is 10.1. The molecule has 0 bridgehead atoms. The fourth-order valence-electron chi connectivity index (χ4n) is 2.40. The highest BCUT2D eigenvalue weighted by Crippen LogP contribution is 2.19. The Hall–Kier alpha value is -3.28. The summed E-state index contributed by atoms with van der Waals surface area (Å²) in [5.41, 5.74) is 3.47. The molecule has 4 rings (SSSR count).